The van der Waals surface area contributed by atoms with Crippen molar-refractivity contribution in [3.05, 3.63) is 41.2 Å². The van der Waals surface area contributed by atoms with Crippen molar-refractivity contribution in [2.45, 2.75) is 6.61 Å². The SMILES string of the molecule is O=C(OCc1ccccc1)N1CC[N-]CC1.ON=NO.[Na+]. The molecule has 0 saturated carbocycles. The first kappa shape index (κ1) is 19.7. The summed E-state index contributed by atoms with van der Waals surface area (Å²) in [6, 6.07) is 9.70. The molecule has 1 aromatic carbocycles. The summed E-state index contributed by atoms with van der Waals surface area (Å²) >= 11 is 0. The van der Waals surface area contributed by atoms with Crippen molar-refractivity contribution in [2.75, 3.05) is 26.2 Å². The van der Waals surface area contributed by atoms with Crippen molar-refractivity contribution in [2.24, 2.45) is 10.6 Å². The minimum Gasteiger partial charge on any atom is -0.659 e. The van der Waals surface area contributed by atoms with Gasteiger partial charge in [-0.25, -0.2) is 4.79 Å². The van der Waals surface area contributed by atoms with Crippen LogP contribution >= 0.6 is 0 Å². The Bertz CT molecular complexity index is 409. The van der Waals surface area contributed by atoms with E-state index in [0.29, 0.717) is 19.7 Å². The molecule has 110 valence electrons. The first-order valence-electron chi connectivity index (χ1n) is 6.05. The van der Waals surface area contributed by atoms with E-state index in [1.54, 1.807) is 4.90 Å². The Kier molecular flexibility index (Phi) is 11.6. The molecule has 1 aromatic rings. The van der Waals surface area contributed by atoms with Gasteiger partial charge in [0, 0.05) is 13.1 Å². The van der Waals surface area contributed by atoms with Crippen LogP contribution in [0.15, 0.2) is 40.9 Å². The zero-order valence-corrected chi connectivity index (χ0v) is 13.9. The summed E-state index contributed by atoms with van der Waals surface area (Å²) in [5, 5.41) is 22.2. The second kappa shape index (κ2) is 12.4. The maximum absolute atomic E-state index is 11.6. The van der Waals surface area contributed by atoms with Gasteiger partial charge in [-0.3, -0.25) is 0 Å². The van der Waals surface area contributed by atoms with Gasteiger partial charge >= 0.3 is 35.7 Å². The van der Waals surface area contributed by atoms with Gasteiger partial charge in [-0.2, -0.15) is 0 Å². The fraction of sp³-hybridized carbons (Fsp3) is 0.417. The Morgan fingerprint density at radius 1 is 1.19 bits per heavy atom. The molecule has 0 unspecified atom stereocenters. The summed E-state index contributed by atoms with van der Waals surface area (Å²) in [4.78, 5) is 13.3. The third kappa shape index (κ3) is 8.51. The molecule has 0 atom stereocenters. The number of amides is 1. The number of nitrogens with zero attached hydrogens (tertiary/aromatic N) is 4. The largest absolute Gasteiger partial charge is 1.00 e. The van der Waals surface area contributed by atoms with Gasteiger partial charge in [-0.1, -0.05) is 30.3 Å². The number of carbonyl (C=O) groups is 1. The molecule has 2 N–H and O–H groups in total. The van der Waals surface area contributed by atoms with E-state index in [2.05, 4.69) is 5.32 Å². The summed E-state index contributed by atoms with van der Waals surface area (Å²) in [6.45, 7) is 3.13. The predicted molar refractivity (Wildman–Crippen MR) is 69.7 cm³/mol. The van der Waals surface area contributed by atoms with Crippen molar-refractivity contribution in [3.63, 3.8) is 0 Å². The van der Waals surface area contributed by atoms with Crippen molar-refractivity contribution < 1.29 is 49.5 Å². The Labute approximate surface area is 145 Å². The van der Waals surface area contributed by atoms with E-state index in [1.165, 1.54) is 0 Å². The Morgan fingerprint density at radius 2 is 1.76 bits per heavy atom. The van der Waals surface area contributed by atoms with E-state index in [0.717, 1.165) is 18.7 Å². The molecule has 1 heterocycles. The second-order valence-corrected chi connectivity index (χ2v) is 3.88. The molecular weight excluding hydrogens is 287 g/mol. The molecule has 1 aliphatic rings. The molecule has 1 amide bonds. The van der Waals surface area contributed by atoms with Gasteiger partial charge in [-0.15, -0.1) is 13.1 Å². The molecule has 2 rings (SSSR count). The molecule has 1 fully saturated rings. The maximum atomic E-state index is 11.6. The van der Waals surface area contributed by atoms with Gasteiger partial charge in [0.2, 0.25) is 0 Å². The minimum atomic E-state index is -0.237. The smallest absolute Gasteiger partial charge is 0.659 e. The van der Waals surface area contributed by atoms with E-state index in [-0.39, 0.29) is 35.7 Å². The van der Waals surface area contributed by atoms with Crippen LogP contribution in [0.25, 0.3) is 5.32 Å². The molecular formula is C12H17N4NaO4. The second-order valence-electron chi connectivity index (χ2n) is 3.88. The average Bonchev–Trinajstić information content (AvgIpc) is 2.54. The van der Waals surface area contributed by atoms with E-state index in [9.17, 15) is 4.79 Å². The Hall–Kier alpha value is -1.35. The predicted octanol–water partition coefficient (Wildman–Crippen LogP) is -0.766. The fourth-order valence-electron chi connectivity index (χ4n) is 1.60. The molecule has 1 aliphatic heterocycles. The molecule has 0 radical (unpaired) electrons. The number of hydrogen-bond donors (Lipinski definition) is 2. The third-order valence-corrected chi connectivity index (χ3v) is 2.56. The molecule has 9 heteroatoms. The van der Waals surface area contributed by atoms with E-state index in [4.69, 9.17) is 15.2 Å². The van der Waals surface area contributed by atoms with Gasteiger partial charge in [0.15, 0.2) is 0 Å². The van der Waals surface area contributed by atoms with Crippen LogP contribution in [0.5, 0.6) is 0 Å². The zero-order valence-electron chi connectivity index (χ0n) is 11.9. The van der Waals surface area contributed by atoms with Crippen LogP contribution in [0, 0.1) is 0 Å². The molecule has 0 spiro atoms. The van der Waals surface area contributed by atoms with Crippen molar-refractivity contribution in [3.8, 4) is 0 Å². The average molecular weight is 304 g/mol. The van der Waals surface area contributed by atoms with E-state index in [1.807, 2.05) is 40.9 Å². The topological polar surface area (TPSA) is 109 Å². The first-order valence-corrected chi connectivity index (χ1v) is 6.05. The van der Waals surface area contributed by atoms with Crippen LogP contribution in [0.3, 0.4) is 0 Å². The minimum absolute atomic E-state index is 0. The molecule has 1 saturated heterocycles. The van der Waals surface area contributed by atoms with Gasteiger partial charge in [-0.05, 0) is 5.56 Å². The van der Waals surface area contributed by atoms with Crippen molar-refractivity contribution in [1.29, 1.82) is 0 Å². The van der Waals surface area contributed by atoms with Crippen molar-refractivity contribution in [1.82, 2.24) is 4.90 Å². The molecule has 0 aliphatic carbocycles. The van der Waals surface area contributed by atoms with Gasteiger partial charge in [0.05, 0.1) is 10.6 Å². The maximum Gasteiger partial charge on any atom is 1.00 e. The summed E-state index contributed by atoms with van der Waals surface area (Å²) in [7, 11) is 0. The monoisotopic (exact) mass is 304 g/mol. The quantitative estimate of drug-likeness (QED) is 0.425. The third-order valence-electron chi connectivity index (χ3n) is 2.56. The van der Waals surface area contributed by atoms with Crippen molar-refractivity contribution >= 4 is 6.09 Å². The van der Waals surface area contributed by atoms with Crippen LogP contribution in [-0.4, -0.2) is 47.6 Å². The summed E-state index contributed by atoms with van der Waals surface area (Å²) in [6.07, 6.45) is -0.237. The standard InChI is InChI=1S/C12H15N2O2.H2N2O2.Na/c15-12(14-8-6-13-7-9-14)16-10-11-4-2-1-3-5-11;3-1-2-4;/h1-5H,6-10H2;(H,1,4)(H,2,3);/q-1;;+1. The van der Waals surface area contributed by atoms with Gasteiger partial charge in [0.1, 0.15) is 6.61 Å². The van der Waals surface area contributed by atoms with E-state index < -0.39 is 0 Å². The summed E-state index contributed by atoms with van der Waals surface area (Å²) in [5.74, 6) is 0. The normalized spacial score (nSPS) is 13.8. The molecule has 0 aromatic heterocycles. The number of rotatable bonds is 2. The Morgan fingerprint density at radius 3 is 2.29 bits per heavy atom. The van der Waals surface area contributed by atoms with Gasteiger partial charge < -0.3 is 25.4 Å². The van der Waals surface area contributed by atoms with Crippen LogP contribution in [-0.2, 0) is 11.3 Å². The zero-order chi connectivity index (χ0) is 14.6. The number of carbonyl (C=O) groups excluding carboxylic acids is 1. The number of ether oxygens (including phenoxy) is 1. The molecule has 0 bridgehead atoms. The number of piperazine rings is 1. The number of hydrogen-bond acceptors (Lipinski definition) is 4. The molecule has 8 nitrogen and oxygen atoms in total. The fourth-order valence-corrected chi connectivity index (χ4v) is 1.60. The summed E-state index contributed by atoms with van der Waals surface area (Å²) < 4.78 is 5.21. The first-order chi connectivity index (χ1) is 9.77. The summed E-state index contributed by atoms with van der Waals surface area (Å²) in [5.41, 5.74) is 1.01. The Balaban J connectivity index is 0.000000715. The molecule has 21 heavy (non-hydrogen) atoms. The van der Waals surface area contributed by atoms with E-state index >= 15 is 0 Å². The van der Waals surface area contributed by atoms with Crippen LogP contribution in [0.1, 0.15) is 5.56 Å². The number of benzene rings is 1. The van der Waals surface area contributed by atoms with Crippen LogP contribution in [0.4, 0.5) is 4.79 Å². The van der Waals surface area contributed by atoms with Gasteiger partial charge in [0.25, 0.3) is 0 Å². The van der Waals surface area contributed by atoms with Crippen LogP contribution in [0.2, 0.25) is 0 Å². The van der Waals surface area contributed by atoms with Crippen LogP contribution < -0.4 is 29.6 Å².